The molecule has 0 aromatic rings. The number of rotatable bonds is 1. The Kier molecular flexibility index (Phi) is 6.83. The first-order valence-corrected chi connectivity index (χ1v) is 4.12. The monoisotopic (exact) mass is 140 g/mol. The van der Waals surface area contributed by atoms with Crippen LogP contribution >= 0.6 is 0 Å². The second-order valence-corrected chi connectivity index (χ2v) is 2.61. The third-order valence-electron chi connectivity index (χ3n) is 0.365. The largest absolute Gasteiger partial charge is 0.286 e. The van der Waals surface area contributed by atoms with Crippen LogP contribution in [0.5, 0.6) is 0 Å². The maximum Gasteiger partial charge on any atom is 0.264 e. The molecule has 8 heavy (non-hydrogen) atoms. The molecule has 0 saturated heterocycles. The quantitative estimate of drug-likeness (QED) is 0.551. The SMILES string of the molecule is CC.CCS(=O)(=O)O. The smallest absolute Gasteiger partial charge is 0.264 e. The Hall–Kier alpha value is -0.0900. The van der Waals surface area contributed by atoms with Gasteiger partial charge in [-0.1, -0.05) is 13.8 Å². The first-order valence-electron chi connectivity index (χ1n) is 2.51. The first-order chi connectivity index (χ1) is 3.56. The average molecular weight is 140 g/mol. The molecular weight excluding hydrogens is 128 g/mol. The summed E-state index contributed by atoms with van der Waals surface area (Å²) in [7, 11) is -3.66. The summed E-state index contributed by atoms with van der Waals surface area (Å²) in [5, 5.41) is 0. The summed E-state index contributed by atoms with van der Waals surface area (Å²) >= 11 is 0. The molecule has 0 rings (SSSR count). The maximum atomic E-state index is 9.56. The zero-order valence-electron chi connectivity index (χ0n) is 5.38. The van der Waals surface area contributed by atoms with E-state index in [4.69, 9.17) is 4.55 Å². The summed E-state index contributed by atoms with van der Waals surface area (Å²) in [5.41, 5.74) is 0. The summed E-state index contributed by atoms with van der Waals surface area (Å²) in [4.78, 5) is 0. The third kappa shape index (κ3) is 16.8. The van der Waals surface area contributed by atoms with E-state index in [1.165, 1.54) is 6.92 Å². The van der Waals surface area contributed by atoms with Crippen LogP contribution < -0.4 is 0 Å². The van der Waals surface area contributed by atoms with E-state index in [2.05, 4.69) is 0 Å². The van der Waals surface area contributed by atoms with E-state index in [-0.39, 0.29) is 5.75 Å². The summed E-state index contributed by atoms with van der Waals surface area (Å²) in [6.45, 7) is 5.37. The fourth-order valence-corrected chi connectivity index (χ4v) is 0. The second-order valence-electron chi connectivity index (χ2n) is 0.871. The zero-order chi connectivity index (χ0) is 7.21. The molecule has 0 aliphatic rings. The van der Waals surface area contributed by atoms with Crippen molar-refractivity contribution in [1.29, 1.82) is 0 Å². The molecule has 0 bridgehead atoms. The molecule has 0 aromatic heterocycles. The van der Waals surface area contributed by atoms with Crippen molar-refractivity contribution in [1.82, 2.24) is 0 Å². The van der Waals surface area contributed by atoms with Crippen molar-refractivity contribution in [2.45, 2.75) is 20.8 Å². The Bertz CT molecular complexity index is 113. The summed E-state index contributed by atoms with van der Waals surface area (Å²) in [5.74, 6) is -0.201. The predicted molar refractivity (Wildman–Crippen MR) is 33.4 cm³/mol. The lowest BCUT2D eigenvalue weighted by atomic mass is 11.0. The molecule has 3 nitrogen and oxygen atoms in total. The molecule has 0 atom stereocenters. The molecule has 0 aromatic carbocycles. The van der Waals surface area contributed by atoms with Crippen LogP contribution in [0.15, 0.2) is 0 Å². The molecule has 4 heteroatoms. The van der Waals surface area contributed by atoms with Gasteiger partial charge in [0.1, 0.15) is 0 Å². The van der Waals surface area contributed by atoms with Gasteiger partial charge >= 0.3 is 0 Å². The van der Waals surface area contributed by atoms with Gasteiger partial charge in [-0.05, 0) is 6.92 Å². The molecule has 0 fully saturated rings. The molecule has 0 radical (unpaired) electrons. The minimum atomic E-state index is -3.66. The molecule has 52 valence electrons. The highest BCUT2D eigenvalue weighted by molar-refractivity contribution is 7.85. The van der Waals surface area contributed by atoms with Crippen LogP contribution in [0.2, 0.25) is 0 Å². The molecule has 0 heterocycles. The van der Waals surface area contributed by atoms with Crippen LogP contribution in [0.1, 0.15) is 20.8 Å². The van der Waals surface area contributed by atoms with E-state index in [1.807, 2.05) is 13.8 Å². The van der Waals surface area contributed by atoms with Crippen molar-refractivity contribution in [3.05, 3.63) is 0 Å². The fourth-order valence-electron chi connectivity index (χ4n) is 0. The van der Waals surface area contributed by atoms with Crippen molar-refractivity contribution >= 4 is 10.1 Å². The van der Waals surface area contributed by atoms with E-state index in [0.717, 1.165) is 0 Å². The van der Waals surface area contributed by atoms with Gasteiger partial charge in [0, 0.05) is 0 Å². The number of hydrogen-bond acceptors (Lipinski definition) is 2. The van der Waals surface area contributed by atoms with Crippen molar-refractivity contribution in [2.24, 2.45) is 0 Å². The molecule has 0 aliphatic heterocycles. The van der Waals surface area contributed by atoms with Crippen LogP contribution in [0.3, 0.4) is 0 Å². The van der Waals surface area contributed by atoms with Gasteiger partial charge in [0.05, 0.1) is 5.75 Å². The minimum absolute atomic E-state index is 0.201. The highest BCUT2D eigenvalue weighted by atomic mass is 32.2. The van der Waals surface area contributed by atoms with E-state index in [9.17, 15) is 8.42 Å². The normalized spacial score (nSPS) is 9.50. The Morgan fingerprint density at radius 2 is 1.50 bits per heavy atom. The Morgan fingerprint density at radius 3 is 1.50 bits per heavy atom. The topological polar surface area (TPSA) is 54.4 Å². The Balaban J connectivity index is 0. The average Bonchev–Trinajstić information content (AvgIpc) is 1.71. The van der Waals surface area contributed by atoms with E-state index in [0.29, 0.717) is 0 Å². The van der Waals surface area contributed by atoms with E-state index >= 15 is 0 Å². The third-order valence-corrected chi connectivity index (χ3v) is 1.09. The summed E-state index contributed by atoms with van der Waals surface area (Å²) < 4.78 is 26.9. The number of hydrogen-bond donors (Lipinski definition) is 1. The van der Waals surface area contributed by atoms with Crippen LogP contribution in [0, 0.1) is 0 Å². The van der Waals surface area contributed by atoms with Gasteiger partial charge in [-0.15, -0.1) is 0 Å². The van der Waals surface area contributed by atoms with Crippen molar-refractivity contribution < 1.29 is 13.0 Å². The molecule has 0 spiro atoms. The molecular formula is C4H12O3S. The van der Waals surface area contributed by atoms with Gasteiger partial charge in [0.2, 0.25) is 0 Å². The standard InChI is InChI=1S/C2H6O3S.C2H6/c1-2-6(3,4)5;1-2/h2H2,1H3,(H,3,4,5);1-2H3. The lowest BCUT2D eigenvalue weighted by Crippen LogP contribution is -1.97. The fraction of sp³-hybridized carbons (Fsp3) is 1.00. The lowest BCUT2D eigenvalue weighted by molar-refractivity contribution is 0.484. The van der Waals surface area contributed by atoms with Gasteiger partial charge in [-0.2, -0.15) is 8.42 Å². The van der Waals surface area contributed by atoms with Crippen LogP contribution in [0.4, 0.5) is 0 Å². The van der Waals surface area contributed by atoms with Crippen LogP contribution in [-0.4, -0.2) is 18.7 Å². The zero-order valence-corrected chi connectivity index (χ0v) is 6.20. The Labute approximate surface area is 50.5 Å². The van der Waals surface area contributed by atoms with Crippen molar-refractivity contribution in [3.63, 3.8) is 0 Å². The Morgan fingerprint density at radius 1 is 1.38 bits per heavy atom. The van der Waals surface area contributed by atoms with Gasteiger partial charge in [-0.3, -0.25) is 4.55 Å². The van der Waals surface area contributed by atoms with Gasteiger partial charge in [0.15, 0.2) is 0 Å². The summed E-state index contributed by atoms with van der Waals surface area (Å²) in [6, 6.07) is 0. The van der Waals surface area contributed by atoms with Gasteiger partial charge in [-0.25, -0.2) is 0 Å². The second kappa shape index (κ2) is 5.05. The maximum absolute atomic E-state index is 9.56. The molecule has 1 N–H and O–H groups in total. The molecule has 0 unspecified atom stereocenters. The summed E-state index contributed by atoms with van der Waals surface area (Å²) in [6.07, 6.45) is 0. The highest BCUT2D eigenvalue weighted by Crippen LogP contribution is 1.74. The molecule has 0 aliphatic carbocycles. The predicted octanol–water partition coefficient (Wildman–Crippen LogP) is 0.920. The van der Waals surface area contributed by atoms with E-state index in [1.54, 1.807) is 0 Å². The minimum Gasteiger partial charge on any atom is -0.286 e. The van der Waals surface area contributed by atoms with Gasteiger partial charge < -0.3 is 0 Å². The molecule has 0 saturated carbocycles. The lowest BCUT2D eigenvalue weighted by Gasteiger charge is -1.79. The van der Waals surface area contributed by atoms with Crippen molar-refractivity contribution in [2.75, 3.05) is 5.75 Å². The van der Waals surface area contributed by atoms with Crippen LogP contribution in [0.25, 0.3) is 0 Å². The van der Waals surface area contributed by atoms with Gasteiger partial charge in [0.25, 0.3) is 10.1 Å². The first kappa shape index (κ1) is 10.8. The molecule has 0 amide bonds. The van der Waals surface area contributed by atoms with E-state index < -0.39 is 10.1 Å². The highest BCUT2D eigenvalue weighted by Gasteiger charge is 1.93. The van der Waals surface area contributed by atoms with Crippen LogP contribution in [-0.2, 0) is 10.1 Å². The van der Waals surface area contributed by atoms with Crippen molar-refractivity contribution in [3.8, 4) is 0 Å².